The van der Waals surface area contributed by atoms with Crippen LogP contribution in [0.25, 0.3) is 0 Å². The van der Waals surface area contributed by atoms with Crippen molar-refractivity contribution in [1.82, 2.24) is 0 Å². The Balaban J connectivity index is 1.67. The average Bonchev–Trinajstić information content (AvgIpc) is 3.32. The molecule has 0 bridgehead atoms. The van der Waals surface area contributed by atoms with E-state index in [1.54, 1.807) is 7.11 Å². The van der Waals surface area contributed by atoms with Gasteiger partial charge in [0.1, 0.15) is 11.6 Å². The molecule has 4 atom stereocenters. The van der Waals surface area contributed by atoms with E-state index in [1.165, 1.54) is 23.3 Å². The van der Waals surface area contributed by atoms with Crippen molar-refractivity contribution in [2.24, 2.45) is 5.92 Å². The third kappa shape index (κ3) is 3.69. The summed E-state index contributed by atoms with van der Waals surface area (Å²) in [5, 5.41) is 10.0. The summed E-state index contributed by atoms with van der Waals surface area (Å²) in [6.45, 7) is 5.18. The number of hydrogen-bond donors (Lipinski definition) is 1. The van der Waals surface area contributed by atoms with E-state index < -0.39 is 0 Å². The molecule has 2 aromatic carbocycles. The minimum Gasteiger partial charge on any atom is -0.496 e. The number of rotatable bonds is 5. The van der Waals surface area contributed by atoms with Crippen LogP contribution in [0.1, 0.15) is 67.6 Å². The highest BCUT2D eigenvalue weighted by Crippen LogP contribution is 2.56. The van der Waals surface area contributed by atoms with Crippen molar-refractivity contribution in [3.63, 3.8) is 0 Å². The number of benzene rings is 2. The quantitative estimate of drug-likeness (QED) is 0.734. The number of hydrogen-bond acceptors (Lipinski definition) is 3. The highest BCUT2D eigenvalue weighted by molar-refractivity contribution is 5.42. The zero-order chi connectivity index (χ0) is 20.6. The first-order chi connectivity index (χ1) is 14.0. The predicted octanol–water partition coefficient (Wildman–Crippen LogP) is 5.39. The number of ether oxygens (including phenoxy) is 2. The predicted molar refractivity (Wildman–Crippen MR) is 112 cm³/mol. The molecule has 1 saturated carbocycles. The first-order valence-corrected chi connectivity index (χ1v) is 10.7. The van der Waals surface area contributed by atoms with Crippen molar-refractivity contribution < 1.29 is 19.0 Å². The smallest absolute Gasteiger partial charge is 0.123 e. The van der Waals surface area contributed by atoms with Crippen LogP contribution in [0.5, 0.6) is 5.75 Å². The first kappa shape index (κ1) is 20.4. The molecule has 0 radical (unpaired) electrons. The van der Waals surface area contributed by atoms with Crippen molar-refractivity contribution >= 4 is 0 Å². The summed E-state index contributed by atoms with van der Waals surface area (Å²) in [4.78, 5) is 0. The highest BCUT2D eigenvalue weighted by atomic mass is 19.1. The fourth-order valence-corrected chi connectivity index (χ4v) is 5.45. The minimum atomic E-state index is -0.311. The summed E-state index contributed by atoms with van der Waals surface area (Å²) in [7, 11) is 1.72. The van der Waals surface area contributed by atoms with Crippen LogP contribution in [0.4, 0.5) is 4.39 Å². The highest BCUT2D eigenvalue weighted by Gasteiger charge is 2.54. The molecule has 1 spiro atoms. The van der Waals surface area contributed by atoms with E-state index in [9.17, 15) is 9.50 Å². The molecule has 0 amide bonds. The van der Waals surface area contributed by atoms with Crippen molar-refractivity contribution in [3.8, 4) is 5.75 Å². The van der Waals surface area contributed by atoms with Gasteiger partial charge in [-0.05, 0) is 66.0 Å². The second kappa shape index (κ2) is 8.08. The standard InChI is InChI=1S/C25H31FO3/c1-16(2)18-6-9-23(28-3)22(12-18)20-13-25(29-15-20)11-10-19(14-27)24(25)17-4-7-21(26)8-5-17/h4-9,12,16,19-20,24,27H,10-11,13-15H2,1-3H3/t19?,20?,24-,25-/m1/s1. The van der Waals surface area contributed by atoms with Gasteiger partial charge in [0.15, 0.2) is 0 Å². The van der Waals surface area contributed by atoms with Crippen LogP contribution in [-0.4, -0.2) is 31.0 Å². The van der Waals surface area contributed by atoms with Crippen molar-refractivity contribution in [3.05, 3.63) is 65.0 Å². The maximum atomic E-state index is 13.5. The molecule has 156 valence electrons. The molecule has 4 rings (SSSR count). The van der Waals surface area contributed by atoms with Crippen LogP contribution in [0, 0.1) is 11.7 Å². The Kier molecular flexibility index (Phi) is 5.67. The van der Waals surface area contributed by atoms with Crippen LogP contribution >= 0.6 is 0 Å². The lowest BCUT2D eigenvalue weighted by Crippen LogP contribution is -2.34. The summed E-state index contributed by atoms with van der Waals surface area (Å²) < 4.78 is 25.7. The number of methoxy groups -OCH3 is 1. The van der Waals surface area contributed by atoms with Gasteiger partial charge in [-0.1, -0.05) is 38.1 Å². The molecular formula is C25H31FO3. The van der Waals surface area contributed by atoms with Crippen molar-refractivity contribution in [2.75, 3.05) is 20.3 Å². The Hall–Kier alpha value is -1.91. The number of aliphatic hydroxyl groups is 1. The van der Waals surface area contributed by atoms with Crippen LogP contribution in [-0.2, 0) is 4.74 Å². The molecule has 29 heavy (non-hydrogen) atoms. The third-order valence-electron chi connectivity index (χ3n) is 6.96. The van der Waals surface area contributed by atoms with Crippen LogP contribution in [0.3, 0.4) is 0 Å². The van der Waals surface area contributed by atoms with Gasteiger partial charge in [0.25, 0.3) is 0 Å². The van der Waals surface area contributed by atoms with Crippen LogP contribution < -0.4 is 4.74 Å². The zero-order valence-corrected chi connectivity index (χ0v) is 17.5. The fraction of sp³-hybridized carbons (Fsp3) is 0.520. The Morgan fingerprint density at radius 1 is 1.21 bits per heavy atom. The van der Waals surface area contributed by atoms with E-state index >= 15 is 0 Å². The van der Waals surface area contributed by atoms with Gasteiger partial charge in [0.2, 0.25) is 0 Å². The Morgan fingerprint density at radius 3 is 2.62 bits per heavy atom. The molecule has 2 aliphatic rings. The lowest BCUT2D eigenvalue weighted by atomic mass is 9.76. The summed E-state index contributed by atoms with van der Waals surface area (Å²) >= 11 is 0. The molecule has 0 aromatic heterocycles. The molecule has 1 aliphatic heterocycles. The Morgan fingerprint density at radius 2 is 1.97 bits per heavy atom. The molecule has 3 nitrogen and oxygen atoms in total. The molecule has 1 saturated heterocycles. The molecule has 1 N–H and O–H groups in total. The maximum absolute atomic E-state index is 13.5. The second-order valence-corrected chi connectivity index (χ2v) is 8.94. The Labute approximate surface area is 172 Å². The van der Waals surface area contributed by atoms with E-state index in [1.807, 2.05) is 12.1 Å². The molecule has 2 fully saturated rings. The van der Waals surface area contributed by atoms with E-state index in [0.29, 0.717) is 12.5 Å². The molecule has 4 heteroatoms. The number of halogens is 1. The average molecular weight is 399 g/mol. The van der Waals surface area contributed by atoms with Crippen LogP contribution in [0.15, 0.2) is 42.5 Å². The molecule has 1 heterocycles. The lowest BCUT2D eigenvalue weighted by Gasteiger charge is -2.33. The van der Waals surface area contributed by atoms with Gasteiger partial charge in [-0.25, -0.2) is 4.39 Å². The van der Waals surface area contributed by atoms with Gasteiger partial charge < -0.3 is 14.6 Å². The summed E-state index contributed by atoms with van der Waals surface area (Å²) in [5.41, 5.74) is 3.26. The minimum absolute atomic E-state index is 0.0809. The third-order valence-corrected chi connectivity index (χ3v) is 6.96. The van der Waals surface area contributed by atoms with Gasteiger partial charge in [0, 0.05) is 18.4 Å². The van der Waals surface area contributed by atoms with E-state index in [0.717, 1.165) is 30.6 Å². The summed E-state index contributed by atoms with van der Waals surface area (Å²) in [6, 6.07) is 13.2. The molecule has 2 unspecified atom stereocenters. The van der Waals surface area contributed by atoms with Crippen LogP contribution in [0.2, 0.25) is 0 Å². The number of aliphatic hydroxyl groups excluding tert-OH is 1. The van der Waals surface area contributed by atoms with E-state index in [2.05, 4.69) is 32.0 Å². The summed E-state index contributed by atoms with van der Waals surface area (Å²) in [5.74, 6) is 1.61. The normalized spacial score (nSPS) is 29.1. The zero-order valence-electron chi connectivity index (χ0n) is 17.5. The van der Waals surface area contributed by atoms with E-state index in [-0.39, 0.29) is 35.8 Å². The first-order valence-electron chi connectivity index (χ1n) is 10.7. The van der Waals surface area contributed by atoms with Gasteiger partial charge in [0.05, 0.1) is 19.3 Å². The second-order valence-electron chi connectivity index (χ2n) is 8.94. The Bertz CT molecular complexity index is 848. The van der Waals surface area contributed by atoms with E-state index in [4.69, 9.17) is 9.47 Å². The molecule has 2 aromatic rings. The monoisotopic (exact) mass is 398 g/mol. The topological polar surface area (TPSA) is 38.7 Å². The van der Waals surface area contributed by atoms with Crippen molar-refractivity contribution in [2.45, 2.75) is 56.5 Å². The van der Waals surface area contributed by atoms with Gasteiger partial charge >= 0.3 is 0 Å². The summed E-state index contributed by atoms with van der Waals surface area (Å²) in [6.07, 6.45) is 2.74. The SMILES string of the molecule is COc1ccc(C(C)C)cc1C1CO[C@]2(CCC(CO)[C@H]2c2ccc(F)cc2)C1. The lowest BCUT2D eigenvalue weighted by molar-refractivity contribution is -0.0122. The largest absolute Gasteiger partial charge is 0.496 e. The van der Waals surface area contributed by atoms with Crippen molar-refractivity contribution in [1.29, 1.82) is 0 Å². The molecule has 1 aliphatic carbocycles. The fourth-order valence-electron chi connectivity index (χ4n) is 5.45. The van der Waals surface area contributed by atoms with Gasteiger partial charge in [-0.2, -0.15) is 0 Å². The van der Waals surface area contributed by atoms with Gasteiger partial charge in [-0.15, -0.1) is 0 Å². The van der Waals surface area contributed by atoms with Gasteiger partial charge in [-0.3, -0.25) is 0 Å². The maximum Gasteiger partial charge on any atom is 0.123 e. The molecular weight excluding hydrogens is 367 g/mol.